The highest BCUT2D eigenvalue weighted by atomic mass is 35.5. The molecule has 0 aliphatic carbocycles. The minimum atomic E-state index is -1.15. The Morgan fingerprint density at radius 2 is 2.00 bits per heavy atom. The first-order valence-corrected chi connectivity index (χ1v) is 8.86. The largest absolute Gasteiger partial charge is 0.480 e. The molecule has 1 heterocycles. The third-order valence-corrected chi connectivity index (χ3v) is 4.41. The molecule has 1 aromatic heterocycles. The number of hydrogen-bond donors (Lipinski definition) is 2. The number of aliphatic carboxylic acids is 1. The molecule has 0 aliphatic heterocycles. The maximum Gasteiger partial charge on any atom is 0.322 e. The van der Waals surface area contributed by atoms with Crippen LogP contribution < -0.4 is 15.0 Å². The number of hydrogen-bond acceptors (Lipinski definition) is 5. The number of carboxylic acid groups (broad SMARTS) is 1. The fourth-order valence-corrected chi connectivity index (χ4v) is 2.91. The number of aromatic nitrogens is 1. The third-order valence-electron chi connectivity index (χ3n) is 3.73. The first-order valence-electron chi connectivity index (χ1n) is 8.11. The van der Waals surface area contributed by atoms with E-state index in [0.717, 1.165) is 11.3 Å². The summed E-state index contributed by atoms with van der Waals surface area (Å²) in [5.41, 5.74) is 2.06. The molecule has 0 unspecified atom stereocenters. The maximum atomic E-state index is 14.0. The molecule has 2 rings (SSSR count). The van der Waals surface area contributed by atoms with Gasteiger partial charge < -0.3 is 20.1 Å². The number of anilines is 2. The second kappa shape index (κ2) is 8.63. The molecule has 9 heteroatoms. The van der Waals surface area contributed by atoms with E-state index < -0.39 is 18.5 Å². The van der Waals surface area contributed by atoms with Crippen LogP contribution in [0.25, 0.3) is 0 Å². The molecule has 0 fully saturated rings. The zero-order valence-electron chi connectivity index (χ0n) is 15.3. The fourth-order valence-electron chi connectivity index (χ4n) is 2.44. The monoisotopic (exact) mass is 415 g/mol. The Morgan fingerprint density at radius 1 is 1.33 bits per heavy atom. The van der Waals surface area contributed by atoms with Crippen LogP contribution in [0.3, 0.4) is 0 Å². The van der Waals surface area contributed by atoms with Gasteiger partial charge in [0.2, 0.25) is 5.95 Å². The normalized spacial score (nSPS) is 10.8. The first kappa shape index (κ1) is 21.1. The van der Waals surface area contributed by atoms with E-state index >= 15 is 0 Å². The van der Waals surface area contributed by atoms with Gasteiger partial charge in [0.1, 0.15) is 22.3 Å². The van der Waals surface area contributed by atoms with E-state index in [4.69, 9.17) is 33.0 Å². The summed E-state index contributed by atoms with van der Waals surface area (Å²) in [6, 6.07) is 5.43. The summed E-state index contributed by atoms with van der Waals surface area (Å²) >= 11 is 12.2. The molecule has 0 aliphatic rings. The molecular weight excluding hydrogens is 396 g/mol. The first-order chi connectivity index (χ1) is 12.6. The Balaban J connectivity index is 2.44. The lowest BCUT2D eigenvalue weighted by atomic mass is 10.0. The Bertz CT molecular complexity index is 860. The Kier molecular flexibility index (Phi) is 6.73. The topological polar surface area (TPSA) is 74.7 Å². The van der Waals surface area contributed by atoms with Gasteiger partial charge in [0.15, 0.2) is 11.6 Å². The molecule has 1 aromatic carbocycles. The van der Waals surface area contributed by atoms with Gasteiger partial charge in [-0.05, 0) is 29.7 Å². The van der Waals surface area contributed by atoms with Crippen LogP contribution >= 0.6 is 23.2 Å². The van der Waals surface area contributed by atoms with Crippen molar-refractivity contribution in [1.82, 2.24) is 4.98 Å². The summed E-state index contributed by atoms with van der Waals surface area (Å²) in [6.45, 7) is 3.61. The second-order valence-corrected chi connectivity index (χ2v) is 7.08. The van der Waals surface area contributed by atoms with E-state index in [2.05, 4.69) is 10.3 Å². The molecule has 0 saturated carbocycles. The van der Waals surface area contributed by atoms with E-state index in [-0.39, 0.29) is 27.5 Å². The van der Waals surface area contributed by atoms with Crippen LogP contribution in [0, 0.1) is 5.95 Å². The van der Waals surface area contributed by atoms with Gasteiger partial charge in [-0.15, -0.1) is 0 Å². The number of carbonyl (C=O) groups is 1. The van der Waals surface area contributed by atoms with Crippen LogP contribution in [0.1, 0.15) is 25.3 Å². The number of benzene rings is 1. The summed E-state index contributed by atoms with van der Waals surface area (Å²) in [5.74, 6) is -1.82. The number of rotatable bonds is 7. The molecule has 0 radical (unpaired) electrons. The SMILES string of the molecule is CC(C)c1cc(Oc2c(Cl)c(F)nc(NCC(=O)O)c2Cl)ccc1N(C)C. The van der Waals surface area contributed by atoms with E-state index in [1.807, 2.05) is 45.0 Å². The zero-order valence-corrected chi connectivity index (χ0v) is 16.8. The quantitative estimate of drug-likeness (QED) is 0.619. The van der Waals surface area contributed by atoms with E-state index in [1.54, 1.807) is 6.07 Å². The highest BCUT2D eigenvalue weighted by molar-refractivity contribution is 6.38. The molecule has 0 spiro atoms. The minimum Gasteiger partial charge on any atom is -0.480 e. The molecule has 0 amide bonds. The lowest BCUT2D eigenvalue weighted by Gasteiger charge is -2.21. The molecule has 6 nitrogen and oxygen atoms in total. The van der Waals surface area contributed by atoms with Gasteiger partial charge in [0.05, 0.1) is 0 Å². The maximum absolute atomic E-state index is 14.0. The highest BCUT2D eigenvalue weighted by Crippen LogP contribution is 2.42. The average Bonchev–Trinajstić information content (AvgIpc) is 2.60. The van der Waals surface area contributed by atoms with E-state index in [1.165, 1.54) is 0 Å². The summed E-state index contributed by atoms with van der Waals surface area (Å²) in [6.07, 6.45) is 0. The number of halogens is 3. The van der Waals surface area contributed by atoms with Crippen LogP contribution in [-0.4, -0.2) is 36.7 Å². The molecule has 0 bridgehead atoms. The van der Waals surface area contributed by atoms with Crippen molar-refractivity contribution in [3.8, 4) is 11.5 Å². The Hall–Kier alpha value is -2.25. The number of nitrogens with zero attached hydrogens (tertiary/aromatic N) is 2. The lowest BCUT2D eigenvalue weighted by Crippen LogP contribution is -2.14. The number of carboxylic acids is 1. The second-order valence-electron chi connectivity index (χ2n) is 6.33. The van der Waals surface area contributed by atoms with Crippen molar-refractivity contribution in [1.29, 1.82) is 0 Å². The van der Waals surface area contributed by atoms with Crippen molar-refractivity contribution in [2.45, 2.75) is 19.8 Å². The Labute approximate surface area is 166 Å². The van der Waals surface area contributed by atoms with Gasteiger partial charge in [-0.1, -0.05) is 37.0 Å². The minimum absolute atomic E-state index is 0.106. The van der Waals surface area contributed by atoms with Crippen molar-refractivity contribution in [3.63, 3.8) is 0 Å². The van der Waals surface area contributed by atoms with Crippen LogP contribution in [0.2, 0.25) is 10.0 Å². The van der Waals surface area contributed by atoms with E-state index in [0.29, 0.717) is 5.75 Å². The highest BCUT2D eigenvalue weighted by Gasteiger charge is 2.21. The number of nitrogens with one attached hydrogen (secondary N) is 1. The third kappa shape index (κ3) is 4.93. The molecule has 2 aromatic rings. The molecule has 146 valence electrons. The van der Waals surface area contributed by atoms with Gasteiger partial charge in [0.25, 0.3) is 0 Å². The molecular formula is C18H20Cl2FN3O3. The van der Waals surface area contributed by atoms with Crippen molar-refractivity contribution in [2.24, 2.45) is 0 Å². The Morgan fingerprint density at radius 3 is 2.56 bits per heavy atom. The van der Waals surface area contributed by atoms with Crippen LogP contribution in [-0.2, 0) is 4.79 Å². The molecule has 0 saturated heterocycles. The zero-order chi connectivity index (χ0) is 20.3. The van der Waals surface area contributed by atoms with Gasteiger partial charge >= 0.3 is 5.97 Å². The van der Waals surface area contributed by atoms with Crippen molar-refractivity contribution >= 4 is 40.7 Å². The average molecular weight is 416 g/mol. The van der Waals surface area contributed by atoms with Crippen molar-refractivity contribution in [3.05, 3.63) is 39.8 Å². The molecule has 2 N–H and O–H groups in total. The summed E-state index contributed by atoms with van der Waals surface area (Å²) in [7, 11) is 3.88. The predicted octanol–water partition coefficient (Wildman–Crippen LogP) is 5.01. The van der Waals surface area contributed by atoms with Crippen molar-refractivity contribution < 1.29 is 19.0 Å². The summed E-state index contributed by atoms with van der Waals surface area (Å²) in [5, 5.41) is 10.7. The summed E-state index contributed by atoms with van der Waals surface area (Å²) in [4.78, 5) is 16.2. The van der Waals surface area contributed by atoms with Crippen LogP contribution in [0.15, 0.2) is 18.2 Å². The van der Waals surface area contributed by atoms with Crippen LogP contribution in [0.5, 0.6) is 11.5 Å². The van der Waals surface area contributed by atoms with Gasteiger partial charge in [-0.25, -0.2) is 0 Å². The van der Waals surface area contributed by atoms with Gasteiger partial charge in [0, 0.05) is 19.8 Å². The van der Waals surface area contributed by atoms with E-state index in [9.17, 15) is 9.18 Å². The predicted molar refractivity (Wildman–Crippen MR) is 105 cm³/mol. The summed E-state index contributed by atoms with van der Waals surface area (Å²) < 4.78 is 19.8. The smallest absolute Gasteiger partial charge is 0.322 e. The molecule has 27 heavy (non-hydrogen) atoms. The lowest BCUT2D eigenvalue weighted by molar-refractivity contribution is -0.134. The molecule has 0 atom stereocenters. The van der Waals surface area contributed by atoms with Gasteiger partial charge in [-0.3, -0.25) is 4.79 Å². The fraction of sp³-hybridized carbons (Fsp3) is 0.333. The van der Waals surface area contributed by atoms with Gasteiger partial charge in [-0.2, -0.15) is 9.37 Å². The standard InChI is InChI=1S/C18H20Cl2FN3O3/c1-9(2)11-7-10(5-6-12(11)24(3)4)27-16-14(19)17(21)23-18(15(16)20)22-8-13(25)26/h5-7,9H,8H2,1-4H3,(H,22,23)(H,25,26). The van der Waals surface area contributed by atoms with Crippen molar-refractivity contribution in [2.75, 3.05) is 30.9 Å². The number of pyridine rings is 1. The van der Waals surface area contributed by atoms with Crippen LogP contribution in [0.4, 0.5) is 15.9 Å². The number of ether oxygens (including phenoxy) is 1.